The Kier molecular flexibility index (Phi) is 3.84. The molecule has 1 aliphatic heterocycles. The minimum Gasteiger partial charge on any atom is -0.441 e. The fourth-order valence-corrected chi connectivity index (χ4v) is 2.51. The van der Waals surface area contributed by atoms with Gasteiger partial charge in [-0.05, 0) is 43.3 Å². The van der Waals surface area contributed by atoms with Crippen molar-refractivity contribution in [2.75, 3.05) is 18.5 Å². The van der Waals surface area contributed by atoms with E-state index in [1.807, 2.05) is 25.1 Å². The van der Waals surface area contributed by atoms with Crippen molar-refractivity contribution in [2.45, 2.75) is 25.9 Å². The number of benzene rings is 1. The zero-order valence-corrected chi connectivity index (χ0v) is 12.1. The summed E-state index contributed by atoms with van der Waals surface area (Å²) >= 11 is 5.28. The summed E-state index contributed by atoms with van der Waals surface area (Å²) in [5.41, 5.74) is 2.51. The van der Waals surface area contributed by atoms with Gasteiger partial charge in [-0.3, -0.25) is 0 Å². The van der Waals surface area contributed by atoms with Crippen molar-refractivity contribution in [3.05, 3.63) is 24.1 Å². The van der Waals surface area contributed by atoms with E-state index < -0.39 is 0 Å². The number of fused-ring (bicyclic) bond motifs is 1. The van der Waals surface area contributed by atoms with Crippen molar-refractivity contribution in [2.24, 2.45) is 0 Å². The van der Waals surface area contributed by atoms with Gasteiger partial charge in [0.05, 0.1) is 6.10 Å². The fraction of sp³-hybridized carbons (Fsp3) is 0.429. The second-order valence-electron chi connectivity index (χ2n) is 4.89. The zero-order valence-electron chi connectivity index (χ0n) is 11.3. The normalized spacial score (nSPS) is 18.4. The summed E-state index contributed by atoms with van der Waals surface area (Å²) in [4.78, 5) is 4.30. The van der Waals surface area contributed by atoms with Gasteiger partial charge in [0.1, 0.15) is 5.52 Å². The standard InChI is InChI=1S/C14H17N3O2S/c1-9-16-12-7-10(4-5-13(12)19-9)17-14(20)15-8-11-3-2-6-18-11/h4-5,7,11H,2-3,6,8H2,1H3,(H2,15,17,20)/t11-/m0/s1. The fourth-order valence-electron chi connectivity index (χ4n) is 2.31. The van der Waals surface area contributed by atoms with Crippen LogP contribution in [0.1, 0.15) is 18.7 Å². The van der Waals surface area contributed by atoms with Gasteiger partial charge in [0, 0.05) is 25.8 Å². The van der Waals surface area contributed by atoms with E-state index in [0.29, 0.717) is 11.0 Å². The van der Waals surface area contributed by atoms with Crippen molar-refractivity contribution in [1.29, 1.82) is 0 Å². The SMILES string of the molecule is Cc1nc2cc(NC(=S)NC[C@@H]3CCCO3)ccc2o1. The van der Waals surface area contributed by atoms with Crippen LogP contribution in [0.3, 0.4) is 0 Å². The summed E-state index contributed by atoms with van der Waals surface area (Å²) in [6, 6.07) is 5.74. The number of rotatable bonds is 3. The molecule has 2 aromatic rings. The Morgan fingerprint density at radius 1 is 1.50 bits per heavy atom. The van der Waals surface area contributed by atoms with Crippen LogP contribution in [0.25, 0.3) is 11.1 Å². The third-order valence-corrected chi connectivity index (χ3v) is 3.51. The molecule has 0 spiro atoms. The second-order valence-corrected chi connectivity index (χ2v) is 5.29. The molecule has 5 nitrogen and oxygen atoms in total. The molecule has 1 aliphatic rings. The Balaban J connectivity index is 1.58. The van der Waals surface area contributed by atoms with Crippen molar-refractivity contribution in [3.63, 3.8) is 0 Å². The molecule has 0 bridgehead atoms. The van der Waals surface area contributed by atoms with Crippen LogP contribution >= 0.6 is 12.2 Å². The first-order valence-electron chi connectivity index (χ1n) is 6.74. The highest BCUT2D eigenvalue weighted by molar-refractivity contribution is 7.80. The highest BCUT2D eigenvalue weighted by Gasteiger charge is 2.15. The van der Waals surface area contributed by atoms with Crippen LogP contribution in [-0.4, -0.2) is 29.4 Å². The third-order valence-electron chi connectivity index (χ3n) is 3.27. The molecule has 3 rings (SSSR count). The van der Waals surface area contributed by atoms with E-state index in [-0.39, 0.29) is 6.10 Å². The maximum atomic E-state index is 5.54. The number of aromatic nitrogens is 1. The van der Waals surface area contributed by atoms with Gasteiger partial charge in [-0.25, -0.2) is 4.98 Å². The van der Waals surface area contributed by atoms with E-state index in [1.165, 1.54) is 0 Å². The first kappa shape index (κ1) is 13.3. The largest absolute Gasteiger partial charge is 0.441 e. The van der Waals surface area contributed by atoms with E-state index >= 15 is 0 Å². The molecule has 0 saturated carbocycles. The van der Waals surface area contributed by atoms with Crippen LogP contribution in [-0.2, 0) is 4.74 Å². The average molecular weight is 291 g/mol. The van der Waals surface area contributed by atoms with E-state index in [0.717, 1.165) is 42.8 Å². The maximum absolute atomic E-state index is 5.54. The third kappa shape index (κ3) is 3.08. The second kappa shape index (κ2) is 5.76. The number of nitrogens with zero attached hydrogens (tertiary/aromatic N) is 1. The molecule has 106 valence electrons. The molecular formula is C14H17N3O2S. The Labute approximate surface area is 122 Å². The van der Waals surface area contributed by atoms with E-state index in [4.69, 9.17) is 21.4 Å². The molecular weight excluding hydrogens is 274 g/mol. The summed E-state index contributed by atoms with van der Waals surface area (Å²) in [7, 11) is 0. The molecule has 1 aromatic carbocycles. The molecule has 2 heterocycles. The average Bonchev–Trinajstić information content (AvgIpc) is 3.04. The highest BCUT2D eigenvalue weighted by Crippen LogP contribution is 2.19. The lowest BCUT2D eigenvalue weighted by atomic mass is 10.2. The molecule has 0 amide bonds. The van der Waals surface area contributed by atoms with E-state index in [2.05, 4.69) is 15.6 Å². The van der Waals surface area contributed by atoms with Crippen LogP contribution in [0, 0.1) is 6.92 Å². The molecule has 1 fully saturated rings. The number of hydrogen-bond acceptors (Lipinski definition) is 4. The lowest BCUT2D eigenvalue weighted by Gasteiger charge is -2.13. The first-order chi connectivity index (χ1) is 9.70. The highest BCUT2D eigenvalue weighted by atomic mass is 32.1. The molecule has 2 N–H and O–H groups in total. The van der Waals surface area contributed by atoms with Gasteiger partial charge in [-0.1, -0.05) is 0 Å². The van der Waals surface area contributed by atoms with E-state index in [1.54, 1.807) is 0 Å². The lowest BCUT2D eigenvalue weighted by Crippen LogP contribution is -2.34. The van der Waals surface area contributed by atoms with Crippen molar-refractivity contribution >= 4 is 34.1 Å². The van der Waals surface area contributed by atoms with Crippen LogP contribution in [0.15, 0.2) is 22.6 Å². The maximum Gasteiger partial charge on any atom is 0.192 e. The van der Waals surface area contributed by atoms with Gasteiger partial charge in [-0.2, -0.15) is 0 Å². The monoisotopic (exact) mass is 291 g/mol. The van der Waals surface area contributed by atoms with E-state index in [9.17, 15) is 0 Å². The van der Waals surface area contributed by atoms with Crippen LogP contribution < -0.4 is 10.6 Å². The van der Waals surface area contributed by atoms with Gasteiger partial charge >= 0.3 is 0 Å². The molecule has 6 heteroatoms. The topological polar surface area (TPSA) is 59.3 Å². The predicted octanol–water partition coefficient (Wildman–Crippen LogP) is 2.60. The van der Waals surface area contributed by atoms with Crippen molar-refractivity contribution in [3.8, 4) is 0 Å². The zero-order chi connectivity index (χ0) is 13.9. The number of oxazole rings is 1. The van der Waals surface area contributed by atoms with Crippen molar-refractivity contribution in [1.82, 2.24) is 10.3 Å². The van der Waals surface area contributed by atoms with Crippen LogP contribution in [0.2, 0.25) is 0 Å². The molecule has 0 aliphatic carbocycles. The van der Waals surface area contributed by atoms with Gasteiger partial charge < -0.3 is 19.8 Å². The summed E-state index contributed by atoms with van der Waals surface area (Å²) in [5.74, 6) is 0.663. The number of ether oxygens (including phenoxy) is 1. The van der Waals surface area contributed by atoms with Gasteiger partial charge in [-0.15, -0.1) is 0 Å². The van der Waals surface area contributed by atoms with Crippen LogP contribution in [0.4, 0.5) is 5.69 Å². The lowest BCUT2D eigenvalue weighted by molar-refractivity contribution is 0.114. The Morgan fingerprint density at radius 3 is 3.20 bits per heavy atom. The van der Waals surface area contributed by atoms with Gasteiger partial charge in [0.15, 0.2) is 16.6 Å². The molecule has 1 atom stereocenters. The number of nitrogens with one attached hydrogen (secondary N) is 2. The van der Waals surface area contributed by atoms with Gasteiger partial charge in [0.2, 0.25) is 0 Å². The first-order valence-corrected chi connectivity index (χ1v) is 7.15. The minimum absolute atomic E-state index is 0.274. The Hall–Kier alpha value is -1.66. The Bertz CT molecular complexity index is 620. The quantitative estimate of drug-likeness (QED) is 0.848. The molecule has 1 saturated heterocycles. The molecule has 1 aromatic heterocycles. The summed E-state index contributed by atoms with van der Waals surface area (Å²) in [6.07, 6.45) is 2.50. The summed E-state index contributed by atoms with van der Waals surface area (Å²) in [5, 5.41) is 6.93. The predicted molar refractivity (Wildman–Crippen MR) is 81.9 cm³/mol. The summed E-state index contributed by atoms with van der Waals surface area (Å²) < 4.78 is 11.0. The minimum atomic E-state index is 0.274. The molecule has 20 heavy (non-hydrogen) atoms. The number of aryl methyl sites for hydroxylation is 1. The molecule has 0 radical (unpaired) electrons. The smallest absolute Gasteiger partial charge is 0.192 e. The summed E-state index contributed by atoms with van der Waals surface area (Å²) in [6.45, 7) is 3.44. The van der Waals surface area contributed by atoms with Crippen molar-refractivity contribution < 1.29 is 9.15 Å². The molecule has 0 unspecified atom stereocenters. The van der Waals surface area contributed by atoms with Crippen LogP contribution in [0.5, 0.6) is 0 Å². The van der Waals surface area contributed by atoms with Gasteiger partial charge in [0.25, 0.3) is 0 Å². The number of thiocarbonyl (C=S) groups is 1. The number of hydrogen-bond donors (Lipinski definition) is 2. The number of anilines is 1. The Morgan fingerprint density at radius 2 is 2.40 bits per heavy atom.